The predicted molar refractivity (Wildman–Crippen MR) is 167 cm³/mol. The van der Waals surface area contributed by atoms with Crippen LogP contribution in [0.15, 0.2) is 48.9 Å². The van der Waals surface area contributed by atoms with Crippen molar-refractivity contribution in [1.82, 2.24) is 25.1 Å². The molecule has 1 fully saturated rings. The Labute approximate surface area is 258 Å². The molecule has 236 valence electrons. The third kappa shape index (κ3) is 7.53. The first-order chi connectivity index (χ1) is 21.0. The number of carbonyl (C=O) groups excluding carboxylic acids is 2. The second-order valence-electron chi connectivity index (χ2n) is 13.1. The minimum Gasteiger partial charge on any atom is -0.338 e. The van der Waals surface area contributed by atoms with Crippen LogP contribution in [-0.4, -0.2) is 57.0 Å². The highest BCUT2D eigenvalue weighted by Crippen LogP contribution is 2.27. The maximum atomic E-state index is 14.4. The summed E-state index contributed by atoms with van der Waals surface area (Å²) in [5.74, 6) is -0.327. The number of anilines is 1. The monoisotopic (exact) mass is 606 g/mol. The molecular weight excluding hydrogens is 562 g/mol. The molecule has 0 radical (unpaired) electrons. The minimum absolute atomic E-state index is 0.0828. The molecule has 3 atom stereocenters. The first-order valence-corrected chi connectivity index (χ1v) is 15.7. The van der Waals surface area contributed by atoms with E-state index in [0.29, 0.717) is 55.6 Å². The maximum Gasteiger partial charge on any atom is 0.242 e. The van der Waals surface area contributed by atoms with Crippen molar-refractivity contribution in [1.29, 1.82) is 0 Å². The van der Waals surface area contributed by atoms with Crippen LogP contribution >= 0.6 is 0 Å². The zero-order chi connectivity index (χ0) is 31.4. The molecule has 1 aliphatic carbocycles. The van der Waals surface area contributed by atoms with Crippen LogP contribution in [0.3, 0.4) is 0 Å². The van der Waals surface area contributed by atoms with Gasteiger partial charge in [0.1, 0.15) is 18.0 Å². The normalized spacial score (nSPS) is 19.2. The Bertz CT molecular complexity index is 1480. The number of aryl methyl sites for hydroxylation is 1. The van der Waals surface area contributed by atoms with Crippen LogP contribution in [0.25, 0.3) is 5.69 Å². The van der Waals surface area contributed by atoms with Crippen molar-refractivity contribution in [3.05, 3.63) is 77.2 Å². The van der Waals surface area contributed by atoms with Gasteiger partial charge in [-0.2, -0.15) is 0 Å². The molecule has 3 aromatic rings. The van der Waals surface area contributed by atoms with E-state index >= 15 is 0 Å². The van der Waals surface area contributed by atoms with Gasteiger partial charge in [0.25, 0.3) is 0 Å². The van der Waals surface area contributed by atoms with E-state index in [1.54, 1.807) is 12.5 Å². The quantitative estimate of drug-likeness (QED) is 0.281. The number of halogens is 2. The van der Waals surface area contributed by atoms with Crippen LogP contribution < -0.4 is 16.0 Å². The molecule has 8 nitrogen and oxygen atoms in total. The van der Waals surface area contributed by atoms with E-state index in [4.69, 9.17) is 0 Å². The molecule has 2 amide bonds. The van der Waals surface area contributed by atoms with Gasteiger partial charge in [0.2, 0.25) is 11.8 Å². The second-order valence-corrected chi connectivity index (χ2v) is 13.1. The van der Waals surface area contributed by atoms with E-state index in [1.807, 2.05) is 34.6 Å². The SMILES string of the molecule is CCC[C@@H](N[C@H]1CCc2cc(F)cc(F)c2C1)C(=O)Nc1cn(-c2ccccc2CNCC2CC(=O)N(C(C)(C)C)C2)cn1. The van der Waals surface area contributed by atoms with E-state index in [0.717, 1.165) is 36.8 Å². The summed E-state index contributed by atoms with van der Waals surface area (Å²) >= 11 is 0. The minimum atomic E-state index is -0.552. The number of hydrogen-bond donors (Lipinski definition) is 3. The Morgan fingerprint density at radius 1 is 1.16 bits per heavy atom. The number of nitrogens with zero attached hydrogens (tertiary/aromatic N) is 3. The molecule has 0 spiro atoms. The fraction of sp³-hybridized carbons (Fsp3) is 0.500. The Kier molecular flexibility index (Phi) is 9.80. The van der Waals surface area contributed by atoms with Crippen LogP contribution in [0.4, 0.5) is 14.6 Å². The molecule has 1 aromatic heterocycles. The number of likely N-dealkylation sites (tertiary alicyclic amines) is 1. The highest BCUT2D eigenvalue weighted by molar-refractivity contribution is 5.94. The van der Waals surface area contributed by atoms with Crippen LogP contribution in [0, 0.1) is 17.6 Å². The number of hydrogen-bond acceptors (Lipinski definition) is 5. The van der Waals surface area contributed by atoms with Crippen molar-refractivity contribution >= 4 is 17.6 Å². The summed E-state index contributed by atoms with van der Waals surface area (Å²) in [5, 5.41) is 9.92. The van der Waals surface area contributed by atoms with Gasteiger partial charge in [-0.05, 0) is 81.2 Å². The third-order valence-electron chi connectivity index (χ3n) is 8.66. The molecule has 1 aliphatic heterocycles. The van der Waals surface area contributed by atoms with Crippen LogP contribution in [0.5, 0.6) is 0 Å². The predicted octanol–water partition coefficient (Wildman–Crippen LogP) is 5.14. The molecular formula is C34H44F2N6O2. The van der Waals surface area contributed by atoms with Crippen molar-refractivity contribution < 1.29 is 18.4 Å². The van der Waals surface area contributed by atoms with E-state index in [2.05, 4.69) is 47.8 Å². The number of rotatable bonds is 11. The highest BCUT2D eigenvalue weighted by Gasteiger charge is 2.35. The second kappa shape index (κ2) is 13.6. The summed E-state index contributed by atoms with van der Waals surface area (Å²) < 4.78 is 30.0. The number of fused-ring (bicyclic) bond motifs is 1. The van der Waals surface area contributed by atoms with Crippen molar-refractivity contribution in [2.24, 2.45) is 5.92 Å². The molecule has 1 saturated heterocycles. The van der Waals surface area contributed by atoms with E-state index in [9.17, 15) is 18.4 Å². The Balaban J connectivity index is 1.18. The Hall–Kier alpha value is -3.63. The number of carbonyl (C=O) groups is 2. The van der Waals surface area contributed by atoms with Crippen molar-refractivity contribution in [3.8, 4) is 5.69 Å². The molecule has 0 bridgehead atoms. The lowest BCUT2D eigenvalue weighted by molar-refractivity contribution is -0.131. The topological polar surface area (TPSA) is 91.3 Å². The van der Waals surface area contributed by atoms with Gasteiger partial charge in [-0.3, -0.25) is 9.59 Å². The molecule has 0 saturated carbocycles. The van der Waals surface area contributed by atoms with Gasteiger partial charge in [0.15, 0.2) is 5.82 Å². The van der Waals surface area contributed by atoms with Gasteiger partial charge in [-0.25, -0.2) is 13.8 Å². The van der Waals surface area contributed by atoms with Crippen molar-refractivity contribution in [2.75, 3.05) is 18.4 Å². The number of benzene rings is 2. The van der Waals surface area contributed by atoms with Gasteiger partial charge in [-0.1, -0.05) is 31.5 Å². The van der Waals surface area contributed by atoms with Gasteiger partial charge >= 0.3 is 0 Å². The van der Waals surface area contributed by atoms with E-state index in [1.165, 1.54) is 6.07 Å². The maximum absolute atomic E-state index is 14.4. The number of nitrogens with one attached hydrogen (secondary N) is 3. The zero-order valence-electron chi connectivity index (χ0n) is 26.1. The number of imidazole rings is 1. The van der Waals surface area contributed by atoms with Crippen molar-refractivity contribution in [3.63, 3.8) is 0 Å². The van der Waals surface area contributed by atoms with E-state index < -0.39 is 17.7 Å². The lowest BCUT2D eigenvalue weighted by Crippen LogP contribution is -2.48. The largest absolute Gasteiger partial charge is 0.338 e. The summed E-state index contributed by atoms with van der Waals surface area (Å²) in [6.45, 7) is 10.4. The van der Waals surface area contributed by atoms with Crippen LogP contribution in [0.1, 0.15) is 70.1 Å². The van der Waals surface area contributed by atoms with Gasteiger partial charge < -0.3 is 25.4 Å². The number of para-hydroxylation sites is 1. The fourth-order valence-electron chi connectivity index (χ4n) is 6.41. The molecule has 2 aliphatic rings. The molecule has 1 unspecified atom stereocenters. The van der Waals surface area contributed by atoms with Crippen molar-refractivity contribution in [2.45, 2.75) is 90.4 Å². The molecule has 3 N–H and O–H groups in total. The summed E-state index contributed by atoms with van der Waals surface area (Å²) in [7, 11) is 0. The number of amides is 2. The Morgan fingerprint density at radius 2 is 1.95 bits per heavy atom. The lowest BCUT2D eigenvalue weighted by Gasteiger charge is -2.32. The average Bonchev–Trinajstić information content (AvgIpc) is 3.59. The van der Waals surface area contributed by atoms with Gasteiger partial charge in [0, 0.05) is 43.7 Å². The summed E-state index contributed by atoms with van der Waals surface area (Å²) in [6.07, 6.45) is 7.16. The van der Waals surface area contributed by atoms with Crippen LogP contribution in [0.2, 0.25) is 0 Å². The standard InChI is InChI=1S/C34H44F2N6O2/c1-5-8-29(39-26-12-11-23-14-25(35)15-28(36)27(23)16-26)33(44)40-31-20-41(21-38-31)30-10-7-6-9-24(30)18-37-17-22-13-32(43)42(19-22)34(2,3)4/h6-7,9-10,14-15,20-22,26,29,37,39H,5,8,11-13,16-19H2,1-4H3,(H,40,44)/t22?,26-,29+/m0/s1. The molecule has 5 rings (SSSR count). The summed E-state index contributed by atoms with van der Waals surface area (Å²) in [6, 6.07) is 9.82. The summed E-state index contributed by atoms with van der Waals surface area (Å²) in [5.41, 5.74) is 3.10. The molecule has 44 heavy (non-hydrogen) atoms. The smallest absolute Gasteiger partial charge is 0.242 e. The molecule has 2 aromatic carbocycles. The molecule has 2 heterocycles. The third-order valence-corrected chi connectivity index (χ3v) is 8.66. The highest BCUT2D eigenvalue weighted by atomic mass is 19.1. The average molecular weight is 607 g/mol. The lowest BCUT2D eigenvalue weighted by atomic mass is 9.87. The first kappa shape index (κ1) is 31.8. The van der Waals surface area contributed by atoms with Gasteiger partial charge in [0.05, 0.1) is 17.9 Å². The first-order valence-electron chi connectivity index (χ1n) is 15.7. The number of aromatic nitrogens is 2. The Morgan fingerprint density at radius 3 is 2.70 bits per heavy atom. The summed E-state index contributed by atoms with van der Waals surface area (Å²) in [4.78, 5) is 32.2. The van der Waals surface area contributed by atoms with Gasteiger partial charge in [-0.15, -0.1) is 0 Å². The fourth-order valence-corrected chi connectivity index (χ4v) is 6.41. The molecule has 10 heteroatoms. The van der Waals surface area contributed by atoms with Crippen LogP contribution in [-0.2, 0) is 29.0 Å². The zero-order valence-corrected chi connectivity index (χ0v) is 26.1. The van der Waals surface area contributed by atoms with E-state index in [-0.39, 0.29) is 29.3 Å².